The van der Waals surface area contributed by atoms with Crippen LogP contribution in [-0.4, -0.2) is 11.0 Å². The predicted octanol–water partition coefficient (Wildman–Crippen LogP) is 3.17. The van der Waals surface area contributed by atoms with Crippen LogP contribution in [0, 0.1) is 5.92 Å². The molecule has 1 unspecified atom stereocenters. The third kappa shape index (κ3) is 3.60. The van der Waals surface area contributed by atoms with Crippen molar-refractivity contribution in [2.24, 2.45) is 5.92 Å². The predicted molar refractivity (Wildman–Crippen MR) is 69.4 cm³/mol. The van der Waals surface area contributed by atoms with E-state index < -0.39 is 0 Å². The lowest BCUT2D eigenvalue weighted by atomic mass is 10.0. The highest BCUT2D eigenvalue weighted by atomic mass is 14.9. The molecule has 2 nitrogen and oxygen atoms in total. The monoisotopic (exact) mass is 220 g/mol. The first-order chi connectivity index (χ1) is 7.69. The second-order valence-corrected chi connectivity index (χ2v) is 4.60. The fourth-order valence-corrected chi connectivity index (χ4v) is 2.03. The maximum Gasteiger partial charge on any atom is 0.0573 e. The van der Waals surface area contributed by atoms with E-state index in [1.54, 1.807) is 0 Å². The van der Waals surface area contributed by atoms with Crippen molar-refractivity contribution in [3.63, 3.8) is 0 Å². The third-order valence-electron chi connectivity index (χ3n) is 3.14. The van der Waals surface area contributed by atoms with Gasteiger partial charge in [-0.2, -0.15) is 0 Å². The van der Waals surface area contributed by atoms with Gasteiger partial charge in [-0.3, -0.25) is 4.98 Å². The van der Waals surface area contributed by atoms with Crippen molar-refractivity contribution in [2.45, 2.75) is 53.1 Å². The van der Waals surface area contributed by atoms with Crippen LogP contribution in [0.5, 0.6) is 0 Å². The maximum absolute atomic E-state index is 4.45. The lowest BCUT2D eigenvalue weighted by Gasteiger charge is -2.21. The van der Waals surface area contributed by atoms with Gasteiger partial charge in [0, 0.05) is 18.8 Å². The Bertz CT molecular complexity index is 307. The van der Waals surface area contributed by atoms with Crippen LogP contribution in [0.15, 0.2) is 18.3 Å². The number of nitrogens with one attached hydrogen (secondary N) is 1. The van der Waals surface area contributed by atoms with Crippen molar-refractivity contribution < 1.29 is 0 Å². The summed E-state index contributed by atoms with van der Waals surface area (Å²) in [6.45, 7) is 9.83. The van der Waals surface area contributed by atoms with Crippen molar-refractivity contribution in [2.75, 3.05) is 0 Å². The fourth-order valence-electron chi connectivity index (χ4n) is 2.03. The van der Waals surface area contributed by atoms with Crippen molar-refractivity contribution in [3.8, 4) is 0 Å². The molecule has 0 aliphatic rings. The first-order valence-electron chi connectivity index (χ1n) is 6.35. The van der Waals surface area contributed by atoms with Gasteiger partial charge in [0.1, 0.15) is 0 Å². The molecule has 0 saturated heterocycles. The lowest BCUT2D eigenvalue weighted by Crippen LogP contribution is -2.33. The molecule has 0 aromatic carbocycles. The van der Waals surface area contributed by atoms with Crippen LogP contribution in [0.1, 0.15) is 45.4 Å². The highest BCUT2D eigenvalue weighted by molar-refractivity contribution is 5.19. The quantitative estimate of drug-likeness (QED) is 0.796. The molecule has 1 atom stereocenters. The molecule has 2 heteroatoms. The first kappa shape index (κ1) is 13.2. The molecule has 16 heavy (non-hydrogen) atoms. The summed E-state index contributed by atoms with van der Waals surface area (Å²) in [5, 5.41) is 3.60. The summed E-state index contributed by atoms with van der Waals surface area (Å²) in [6, 6.07) is 4.77. The summed E-state index contributed by atoms with van der Waals surface area (Å²) in [4.78, 5) is 4.45. The van der Waals surface area contributed by atoms with E-state index in [-0.39, 0.29) is 0 Å². The van der Waals surface area contributed by atoms with Gasteiger partial charge in [-0.1, -0.05) is 33.8 Å². The minimum Gasteiger partial charge on any atom is -0.308 e. The van der Waals surface area contributed by atoms with Gasteiger partial charge in [0.15, 0.2) is 0 Å². The Morgan fingerprint density at radius 3 is 2.62 bits per heavy atom. The Hall–Kier alpha value is -0.890. The second kappa shape index (κ2) is 6.64. The molecule has 90 valence electrons. The highest BCUT2D eigenvalue weighted by Crippen LogP contribution is 2.09. The molecular formula is C14H24N2. The molecule has 1 rings (SSSR count). The van der Waals surface area contributed by atoms with E-state index in [2.05, 4.69) is 44.1 Å². The average Bonchev–Trinajstić information content (AvgIpc) is 2.30. The van der Waals surface area contributed by atoms with Gasteiger partial charge in [-0.05, 0) is 30.4 Å². The van der Waals surface area contributed by atoms with Crippen molar-refractivity contribution in [1.29, 1.82) is 0 Å². The van der Waals surface area contributed by atoms with Crippen LogP contribution < -0.4 is 5.32 Å². The van der Waals surface area contributed by atoms with E-state index in [0.717, 1.165) is 13.0 Å². The molecule has 0 aliphatic carbocycles. The molecule has 0 amide bonds. The standard InChI is InChI=1S/C14H24N2/c1-5-12-8-7-9-15-14(12)10-16-13(6-2)11(3)4/h7-9,11,13,16H,5-6,10H2,1-4H3. The SMILES string of the molecule is CCc1cccnc1CNC(CC)C(C)C. The Morgan fingerprint density at radius 2 is 2.06 bits per heavy atom. The van der Waals surface area contributed by atoms with E-state index in [9.17, 15) is 0 Å². The number of nitrogens with zero attached hydrogens (tertiary/aromatic N) is 1. The lowest BCUT2D eigenvalue weighted by molar-refractivity contribution is 0.385. The van der Waals surface area contributed by atoms with Gasteiger partial charge in [-0.25, -0.2) is 0 Å². The van der Waals surface area contributed by atoms with Gasteiger partial charge in [0.05, 0.1) is 5.69 Å². The number of hydrogen-bond donors (Lipinski definition) is 1. The number of pyridine rings is 1. The molecular weight excluding hydrogens is 196 g/mol. The van der Waals surface area contributed by atoms with Gasteiger partial charge >= 0.3 is 0 Å². The van der Waals surface area contributed by atoms with Crippen LogP contribution in [-0.2, 0) is 13.0 Å². The summed E-state index contributed by atoms with van der Waals surface area (Å²) in [6.07, 6.45) is 4.11. The minimum atomic E-state index is 0.590. The molecule has 1 heterocycles. The zero-order chi connectivity index (χ0) is 12.0. The Kier molecular flexibility index (Phi) is 5.47. The number of aromatic nitrogens is 1. The van der Waals surface area contributed by atoms with E-state index in [0.29, 0.717) is 12.0 Å². The number of hydrogen-bond acceptors (Lipinski definition) is 2. The van der Waals surface area contributed by atoms with Crippen molar-refractivity contribution >= 4 is 0 Å². The first-order valence-corrected chi connectivity index (χ1v) is 6.35. The van der Waals surface area contributed by atoms with Gasteiger partial charge in [0.2, 0.25) is 0 Å². The molecule has 0 bridgehead atoms. The Labute approximate surface area is 99.5 Å². The summed E-state index contributed by atoms with van der Waals surface area (Å²) in [7, 11) is 0. The molecule has 0 fully saturated rings. The molecule has 1 N–H and O–H groups in total. The molecule has 0 radical (unpaired) electrons. The molecule has 0 saturated carbocycles. The van der Waals surface area contributed by atoms with E-state index in [1.807, 2.05) is 12.3 Å². The number of aryl methyl sites for hydroxylation is 1. The fraction of sp³-hybridized carbons (Fsp3) is 0.643. The third-order valence-corrected chi connectivity index (χ3v) is 3.14. The summed E-state index contributed by atoms with van der Waals surface area (Å²) >= 11 is 0. The molecule has 0 spiro atoms. The smallest absolute Gasteiger partial charge is 0.0573 e. The van der Waals surface area contributed by atoms with Crippen molar-refractivity contribution in [1.82, 2.24) is 10.3 Å². The van der Waals surface area contributed by atoms with E-state index >= 15 is 0 Å². The van der Waals surface area contributed by atoms with Crippen LogP contribution in [0.3, 0.4) is 0 Å². The largest absolute Gasteiger partial charge is 0.308 e. The highest BCUT2D eigenvalue weighted by Gasteiger charge is 2.11. The normalized spacial score (nSPS) is 13.1. The summed E-state index contributed by atoms with van der Waals surface area (Å²) in [5.41, 5.74) is 2.55. The van der Waals surface area contributed by atoms with Crippen LogP contribution in [0.4, 0.5) is 0 Å². The van der Waals surface area contributed by atoms with Crippen LogP contribution in [0.25, 0.3) is 0 Å². The summed E-state index contributed by atoms with van der Waals surface area (Å²) < 4.78 is 0. The molecule has 1 aromatic heterocycles. The Balaban J connectivity index is 2.59. The molecule has 0 aliphatic heterocycles. The van der Waals surface area contributed by atoms with E-state index in [1.165, 1.54) is 17.7 Å². The average molecular weight is 220 g/mol. The summed E-state index contributed by atoms with van der Waals surface area (Å²) in [5.74, 6) is 0.679. The zero-order valence-electron chi connectivity index (χ0n) is 11.0. The number of rotatable bonds is 6. The van der Waals surface area contributed by atoms with Gasteiger partial charge in [-0.15, -0.1) is 0 Å². The molecule has 1 aromatic rings. The van der Waals surface area contributed by atoms with Crippen molar-refractivity contribution in [3.05, 3.63) is 29.6 Å². The van der Waals surface area contributed by atoms with Crippen LogP contribution in [0.2, 0.25) is 0 Å². The zero-order valence-corrected chi connectivity index (χ0v) is 11.0. The van der Waals surface area contributed by atoms with Gasteiger partial charge < -0.3 is 5.32 Å². The van der Waals surface area contributed by atoms with Gasteiger partial charge in [0.25, 0.3) is 0 Å². The topological polar surface area (TPSA) is 24.9 Å². The minimum absolute atomic E-state index is 0.590. The Morgan fingerprint density at radius 1 is 1.31 bits per heavy atom. The van der Waals surface area contributed by atoms with Crippen LogP contribution >= 0.6 is 0 Å². The maximum atomic E-state index is 4.45. The second-order valence-electron chi connectivity index (χ2n) is 4.60. The van der Waals surface area contributed by atoms with E-state index in [4.69, 9.17) is 0 Å².